The molecule has 0 atom stereocenters. The normalized spacial score (nSPS) is 10.5. The molecule has 2 heterocycles. The molecular formula is C10H12N4O. The van der Waals surface area contributed by atoms with Crippen LogP contribution in [-0.4, -0.2) is 19.3 Å². The fourth-order valence-electron chi connectivity index (χ4n) is 1.34. The lowest BCUT2D eigenvalue weighted by atomic mass is 10.3. The molecule has 0 radical (unpaired) electrons. The quantitative estimate of drug-likeness (QED) is 0.718. The number of nitrogens with zero attached hydrogens (tertiary/aromatic N) is 4. The lowest BCUT2D eigenvalue weighted by molar-refractivity contribution is 0.580. The molecule has 0 aromatic carbocycles. The zero-order chi connectivity index (χ0) is 10.7. The third-order valence-electron chi connectivity index (χ3n) is 2.19. The first-order chi connectivity index (χ1) is 7.27. The molecule has 5 heteroatoms. The summed E-state index contributed by atoms with van der Waals surface area (Å²) in [6.45, 7) is 0.566. The van der Waals surface area contributed by atoms with Gasteiger partial charge in [-0.1, -0.05) is 6.07 Å². The van der Waals surface area contributed by atoms with Crippen molar-refractivity contribution in [1.29, 1.82) is 0 Å². The summed E-state index contributed by atoms with van der Waals surface area (Å²) < 4.78 is 2.90. The Kier molecular flexibility index (Phi) is 2.62. The monoisotopic (exact) mass is 204 g/mol. The average Bonchev–Trinajstić information content (AvgIpc) is 2.59. The molecule has 0 aliphatic rings. The van der Waals surface area contributed by atoms with Gasteiger partial charge in [0.25, 0.3) is 0 Å². The van der Waals surface area contributed by atoms with Crippen LogP contribution in [0.4, 0.5) is 0 Å². The number of aryl methyl sites for hydroxylation is 3. The highest BCUT2D eigenvalue weighted by atomic mass is 16.2. The van der Waals surface area contributed by atoms with Crippen molar-refractivity contribution in [3.05, 3.63) is 46.9 Å². The van der Waals surface area contributed by atoms with E-state index in [2.05, 4.69) is 10.1 Å². The number of pyridine rings is 1. The first-order valence-corrected chi connectivity index (χ1v) is 4.76. The van der Waals surface area contributed by atoms with Crippen molar-refractivity contribution in [3.63, 3.8) is 0 Å². The number of hydrogen-bond acceptors (Lipinski definition) is 3. The van der Waals surface area contributed by atoms with Gasteiger partial charge in [-0.25, -0.2) is 9.48 Å². The minimum absolute atomic E-state index is 0.0917. The Balaban J connectivity index is 2.06. The predicted molar refractivity (Wildman–Crippen MR) is 55.4 cm³/mol. The Hall–Kier alpha value is -1.91. The fourth-order valence-corrected chi connectivity index (χ4v) is 1.34. The molecule has 0 aliphatic carbocycles. The third-order valence-corrected chi connectivity index (χ3v) is 2.19. The highest BCUT2D eigenvalue weighted by Crippen LogP contribution is 1.95. The molecule has 78 valence electrons. The largest absolute Gasteiger partial charge is 0.345 e. The van der Waals surface area contributed by atoms with E-state index in [1.165, 1.54) is 15.6 Å². The first-order valence-electron chi connectivity index (χ1n) is 4.76. The predicted octanol–water partition coefficient (Wildman–Crippen LogP) is 0.219. The average molecular weight is 204 g/mol. The highest BCUT2D eigenvalue weighted by Gasteiger charge is 2.01. The second kappa shape index (κ2) is 4.08. The highest BCUT2D eigenvalue weighted by molar-refractivity contribution is 5.03. The van der Waals surface area contributed by atoms with Gasteiger partial charge in [-0.05, 0) is 12.1 Å². The van der Waals surface area contributed by atoms with Crippen LogP contribution in [0.1, 0.15) is 5.69 Å². The molecule has 0 spiro atoms. The topological polar surface area (TPSA) is 52.7 Å². The summed E-state index contributed by atoms with van der Waals surface area (Å²) in [6.07, 6.45) is 3.98. The number of aromatic nitrogens is 4. The van der Waals surface area contributed by atoms with E-state index < -0.39 is 0 Å². The van der Waals surface area contributed by atoms with Crippen molar-refractivity contribution < 1.29 is 0 Å². The molecule has 0 saturated carbocycles. The van der Waals surface area contributed by atoms with Gasteiger partial charge in [0.05, 0.1) is 6.54 Å². The first kappa shape index (κ1) is 9.64. The van der Waals surface area contributed by atoms with Crippen LogP contribution in [0.25, 0.3) is 0 Å². The van der Waals surface area contributed by atoms with E-state index in [4.69, 9.17) is 0 Å². The molecule has 0 unspecified atom stereocenters. The van der Waals surface area contributed by atoms with Crippen LogP contribution in [0.2, 0.25) is 0 Å². The number of rotatable bonds is 3. The molecule has 5 nitrogen and oxygen atoms in total. The molecule has 0 aliphatic heterocycles. The Morgan fingerprint density at radius 3 is 2.87 bits per heavy atom. The Morgan fingerprint density at radius 2 is 2.27 bits per heavy atom. The number of hydrogen-bond donors (Lipinski definition) is 0. The van der Waals surface area contributed by atoms with Gasteiger partial charge in [-0.2, -0.15) is 5.10 Å². The Morgan fingerprint density at radius 1 is 1.40 bits per heavy atom. The van der Waals surface area contributed by atoms with Crippen molar-refractivity contribution in [3.8, 4) is 0 Å². The summed E-state index contributed by atoms with van der Waals surface area (Å²) in [5.74, 6) is 0. The van der Waals surface area contributed by atoms with Crippen molar-refractivity contribution >= 4 is 0 Å². The lowest BCUT2D eigenvalue weighted by Gasteiger charge is -1.99. The van der Waals surface area contributed by atoms with Crippen LogP contribution in [0.15, 0.2) is 35.5 Å². The summed E-state index contributed by atoms with van der Waals surface area (Å²) in [5.41, 5.74) is 0.876. The van der Waals surface area contributed by atoms with Gasteiger partial charge in [-0.3, -0.25) is 9.55 Å². The molecule has 2 rings (SSSR count). The van der Waals surface area contributed by atoms with Gasteiger partial charge < -0.3 is 0 Å². The van der Waals surface area contributed by atoms with Crippen molar-refractivity contribution in [1.82, 2.24) is 19.3 Å². The van der Waals surface area contributed by atoms with E-state index in [1.807, 2.05) is 18.2 Å². The van der Waals surface area contributed by atoms with Crippen LogP contribution in [0, 0.1) is 0 Å². The van der Waals surface area contributed by atoms with E-state index in [-0.39, 0.29) is 5.69 Å². The van der Waals surface area contributed by atoms with Crippen LogP contribution >= 0.6 is 0 Å². The van der Waals surface area contributed by atoms with Crippen LogP contribution < -0.4 is 5.69 Å². The molecule has 15 heavy (non-hydrogen) atoms. The van der Waals surface area contributed by atoms with Gasteiger partial charge >= 0.3 is 5.69 Å². The standard InChI is InChI=1S/C10H12N4O/c1-13-8-12-14(10(13)15)7-5-9-4-2-3-6-11-9/h2-4,6,8H,5,7H2,1H3. The Bertz CT molecular complexity index is 486. The summed E-state index contributed by atoms with van der Waals surface area (Å²) in [7, 11) is 1.69. The molecule has 0 fully saturated rings. The van der Waals surface area contributed by atoms with E-state index in [9.17, 15) is 4.79 Å². The van der Waals surface area contributed by atoms with Gasteiger partial charge in [0.2, 0.25) is 0 Å². The van der Waals surface area contributed by atoms with Crippen LogP contribution in [0.5, 0.6) is 0 Å². The SMILES string of the molecule is Cn1cnn(CCc2ccccn2)c1=O. The van der Waals surface area contributed by atoms with Gasteiger partial charge in [0.1, 0.15) is 6.33 Å². The summed E-state index contributed by atoms with van der Waals surface area (Å²) in [5, 5.41) is 3.97. The molecule has 0 N–H and O–H groups in total. The van der Waals surface area contributed by atoms with Gasteiger partial charge in [0, 0.05) is 25.4 Å². The van der Waals surface area contributed by atoms with Crippen molar-refractivity contribution in [2.75, 3.05) is 0 Å². The van der Waals surface area contributed by atoms with E-state index in [0.29, 0.717) is 6.54 Å². The molecular weight excluding hydrogens is 192 g/mol. The van der Waals surface area contributed by atoms with E-state index in [0.717, 1.165) is 12.1 Å². The molecule has 2 aromatic heterocycles. The smallest absolute Gasteiger partial charge is 0.285 e. The van der Waals surface area contributed by atoms with Crippen molar-refractivity contribution in [2.45, 2.75) is 13.0 Å². The second-order valence-corrected chi connectivity index (χ2v) is 3.32. The third kappa shape index (κ3) is 2.12. The van der Waals surface area contributed by atoms with Gasteiger partial charge in [0.15, 0.2) is 0 Å². The summed E-state index contributed by atoms with van der Waals surface area (Å²) in [4.78, 5) is 15.6. The summed E-state index contributed by atoms with van der Waals surface area (Å²) >= 11 is 0. The van der Waals surface area contributed by atoms with Crippen molar-refractivity contribution in [2.24, 2.45) is 7.05 Å². The Labute approximate surface area is 87.0 Å². The fraction of sp³-hybridized carbons (Fsp3) is 0.300. The molecule has 2 aromatic rings. The van der Waals surface area contributed by atoms with Gasteiger partial charge in [-0.15, -0.1) is 0 Å². The van der Waals surface area contributed by atoms with E-state index >= 15 is 0 Å². The molecule has 0 saturated heterocycles. The zero-order valence-electron chi connectivity index (χ0n) is 8.50. The van der Waals surface area contributed by atoms with Crippen LogP contribution in [-0.2, 0) is 20.0 Å². The maximum Gasteiger partial charge on any atom is 0.345 e. The molecule has 0 bridgehead atoms. The maximum absolute atomic E-state index is 11.4. The maximum atomic E-state index is 11.4. The zero-order valence-corrected chi connectivity index (χ0v) is 8.50. The summed E-state index contributed by atoms with van der Waals surface area (Å²) in [6, 6.07) is 5.74. The second-order valence-electron chi connectivity index (χ2n) is 3.32. The van der Waals surface area contributed by atoms with E-state index in [1.54, 1.807) is 13.2 Å². The minimum atomic E-state index is -0.0917. The minimum Gasteiger partial charge on any atom is -0.285 e. The molecule has 0 amide bonds. The van der Waals surface area contributed by atoms with Crippen LogP contribution in [0.3, 0.4) is 0 Å². The lowest BCUT2D eigenvalue weighted by Crippen LogP contribution is -2.23.